The van der Waals surface area contributed by atoms with E-state index in [2.05, 4.69) is 26.9 Å². The zero-order valence-corrected chi connectivity index (χ0v) is 21.7. The molecular formula is C26H30Cl2N4O4. The third kappa shape index (κ3) is 5.57. The highest BCUT2D eigenvalue weighted by Gasteiger charge is 2.46. The van der Waals surface area contributed by atoms with E-state index in [4.69, 9.17) is 37.4 Å². The molecule has 2 aromatic rings. The van der Waals surface area contributed by atoms with Crippen LogP contribution in [0.2, 0.25) is 10.0 Å². The van der Waals surface area contributed by atoms with Crippen molar-refractivity contribution in [3.05, 3.63) is 58.1 Å². The number of carbonyl (C=O) groups excluding carboxylic acids is 1. The second-order valence-electron chi connectivity index (χ2n) is 9.22. The van der Waals surface area contributed by atoms with Crippen LogP contribution in [0.4, 0.5) is 5.69 Å². The van der Waals surface area contributed by atoms with Gasteiger partial charge in [0.05, 0.1) is 31.1 Å². The third-order valence-corrected chi connectivity index (χ3v) is 7.28. The van der Waals surface area contributed by atoms with E-state index in [0.717, 1.165) is 56.3 Å². The summed E-state index contributed by atoms with van der Waals surface area (Å²) in [6, 6.07) is 13.4. The maximum Gasteiger partial charge on any atom is 0.219 e. The molecule has 3 aliphatic heterocycles. The predicted octanol–water partition coefficient (Wildman–Crippen LogP) is 3.65. The zero-order valence-electron chi connectivity index (χ0n) is 20.2. The van der Waals surface area contributed by atoms with Gasteiger partial charge >= 0.3 is 0 Å². The number of ether oxygens (including phenoxy) is 3. The van der Waals surface area contributed by atoms with Gasteiger partial charge in [-0.05, 0) is 36.4 Å². The molecule has 1 amide bonds. The van der Waals surface area contributed by atoms with Crippen LogP contribution < -0.4 is 9.64 Å². The molecule has 0 N–H and O–H groups in total. The molecule has 10 heteroatoms. The van der Waals surface area contributed by atoms with E-state index in [1.165, 1.54) is 0 Å². The lowest BCUT2D eigenvalue weighted by Crippen LogP contribution is -2.48. The molecule has 5 rings (SSSR count). The van der Waals surface area contributed by atoms with E-state index in [1.54, 1.807) is 19.1 Å². The van der Waals surface area contributed by atoms with Crippen molar-refractivity contribution in [2.24, 2.45) is 4.99 Å². The number of aliphatic imine (C=N–C) groups is 1. The van der Waals surface area contributed by atoms with E-state index in [0.29, 0.717) is 29.8 Å². The fourth-order valence-corrected chi connectivity index (χ4v) is 5.33. The normalized spacial score (nSPS) is 24.0. The molecule has 0 aliphatic carbocycles. The van der Waals surface area contributed by atoms with Crippen LogP contribution in [0.25, 0.3) is 0 Å². The monoisotopic (exact) mass is 532 g/mol. The van der Waals surface area contributed by atoms with Crippen molar-refractivity contribution >= 4 is 41.1 Å². The van der Waals surface area contributed by atoms with E-state index < -0.39 is 5.79 Å². The van der Waals surface area contributed by atoms with E-state index in [9.17, 15) is 4.79 Å². The average Bonchev–Trinajstić information content (AvgIpc) is 3.54. The number of halogens is 2. The lowest BCUT2D eigenvalue weighted by atomic mass is 10.0. The Labute approximate surface area is 221 Å². The summed E-state index contributed by atoms with van der Waals surface area (Å²) in [7, 11) is 0. The number of carbonyl (C=O) groups is 1. The molecular weight excluding hydrogens is 503 g/mol. The fourth-order valence-electron chi connectivity index (χ4n) is 4.78. The van der Waals surface area contributed by atoms with E-state index in [-0.39, 0.29) is 12.0 Å². The first-order chi connectivity index (χ1) is 17.4. The minimum absolute atomic E-state index is 0.132. The molecule has 2 aromatic carbocycles. The molecule has 0 saturated carbocycles. The van der Waals surface area contributed by atoms with Crippen molar-refractivity contribution in [1.29, 1.82) is 0 Å². The number of amides is 1. The molecule has 0 aromatic heterocycles. The largest absolute Gasteiger partial charge is 0.491 e. The molecule has 2 fully saturated rings. The van der Waals surface area contributed by atoms with Gasteiger partial charge in [0.1, 0.15) is 18.5 Å². The first kappa shape index (κ1) is 25.1. The lowest BCUT2D eigenvalue weighted by molar-refractivity contribution is -0.184. The Morgan fingerprint density at radius 1 is 1.11 bits per heavy atom. The lowest BCUT2D eigenvalue weighted by Gasteiger charge is -2.35. The van der Waals surface area contributed by atoms with Gasteiger partial charge in [0.25, 0.3) is 0 Å². The summed E-state index contributed by atoms with van der Waals surface area (Å²) >= 11 is 12.7. The Morgan fingerprint density at radius 3 is 2.56 bits per heavy atom. The number of anilines is 1. The van der Waals surface area contributed by atoms with Crippen molar-refractivity contribution in [1.82, 2.24) is 9.80 Å². The van der Waals surface area contributed by atoms with Crippen LogP contribution in [0.15, 0.2) is 47.5 Å². The van der Waals surface area contributed by atoms with Gasteiger partial charge in [0.15, 0.2) is 0 Å². The summed E-state index contributed by atoms with van der Waals surface area (Å²) in [6.45, 7) is 7.50. The molecule has 3 heterocycles. The smallest absolute Gasteiger partial charge is 0.219 e. The predicted molar refractivity (Wildman–Crippen MR) is 140 cm³/mol. The van der Waals surface area contributed by atoms with Crippen LogP contribution >= 0.6 is 23.2 Å². The number of hydrogen-bond donors (Lipinski definition) is 0. The van der Waals surface area contributed by atoms with Gasteiger partial charge in [0, 0.05) is 55.9 Å². The minimum atomic E-state index is -1.03. The van der Waals surface area contributed by atoms with Gasteiger partial charge in [-0.15, -0.1) is 0 Å². The molecule has 2 atom stereocenters. The van der Waals surface area contributed by atoms with Crippen LogP contribution in [0, 0.1) is 0 Å². The van der Waals surface area contributed by atoms with Crippen molar-refractivity contribution < 1.29 is 19.0 Å². The minimum Gasteiger partial charge on any atom is -0.491 e. The van der Waals surface area contributed by atoms with Gasteiger partial charge in [-0.1, -0.05) is 29.3 Å². The Hall–Kier alpha value is -2.52. The maximum absolute atomic E-state index is 11.6. The van der Waals surface area contributed by atoms with Gasteiger partial charge in [0.2, 0.25) is 11.7 Å². The summed E-state index contributed by atoms with van der Waals surface area (Å²) in [5.74, 6) is -0.136. The first-order valence-corrected chi connectivity index (χ1v) is 12.9. The summed E-state index contributed by atoms with van der Waals surface area (Å²) in [5.41, 5.74) is 1.86. The Morgan fingerprint density at radius 2 is 1.89 bits per heavy atom. The van der Waals surface area contributed by atoms with Crippen LogP contribution in [0.5, 0.6) is 5.75 Å². The summed E-state index contributed by atoms with van der Waals surface area (Å²) in [4.78, 5) is 22.1. The fraction of sp³-hybridized carbons (Fsp3) is 0.462. The third-order valence-electron chi connectivity index (χ3n) is 6.74. The van der Waals surface area contributed by atoms with Crippen LogP contribution in [-0.2, 0) is 20.1 Å². The SMILES string of the molecule is CC(=O)N1CCN(c2ccc(OC[C@H]3CO[C@](CN4C=NCC4)(c4ccc(Cl)cc4Cl)O3)cc2)CC1. The molecule has 0 radical (unpaired) electrons. The Kier molecular flexibility index (Phi) is 7.57. The molecule has 3 aliphatic rings. The van der Waals surface area contributed by atoms with Crippen LogP contribution in [-0.4, -0.2) is 87.2 Å². The number of benzene rings is 2. The highest BCUT2D eigenvalue weighted by atomic mass is 35.5. The number of hydrogen-bond acceptors (Lipinski definition) is 7. The van der Waals surface area contributed by atoms with E-state index >= 15 is 0 Å². The summed E-state index contributed by atoms with van der Waals surface area (Å²) in [5, 5.41) is 1.06. The molecule has 2 saturated heterocycles. The second-order valence-corrected chi connectivity index (χ2v) is 10.1. The Bertz CT molecular complexity index is 1110. The van der Waals surface area contributed by atoms with Gasteiger partial charge in [-0.25, -0.2) is 0 Å². The highest BCUT2D eigenvalue weighted by molar-refractivity contribution is 6.35. The molecule has 192 valence electrons. The highest BCUT2D eigenvalue weighted by Crippen LogP contribution is 2.40. The van der Waals surface area contributed by atoms with Gasteiger partial charge in [-0.3, -0.25) is 9.79 Å². The van der Waals surface area contributed by atoms with Crippen LogP contribution in [0.1, 0.15) is 12.5 Å². The summed E-state index contributed by atoms with van der Waals surface area (Å²) in [6.07, 6.45) is 1.56. The summed E-state index contributed by atoms with van der Waals surface area (Å²) < 4.78 is 18.8. The molecule has 8 nitrogen and oxygen atoms in total. The zero-order chi connectivity index (χ0) is 25.1. The number of nitrogens with zero attached hydrogens (tertiary/aromatic N) is 4. The second kappa shape index (κ2) is 10.8. The molecule has 36 heavy (non-hydrogen) atoms. The van der Waals surface area contributed by atoms with E-state index in [1.807, 2.05) is 29.4 Å². The topological polar surface area (TPSA) is 66.8 Å². The molecule has 0 bridgehead atoms. The molecule has 0 spiro atoms. The van der Waals surface area contributed by atoms with Crippen molar-refractivity contribution in [2.75, 3.05) is 63.9 Å². The molecule has 0 unspecified atom stereocenters. The average molecular weight is 533 g/mol. The Balaban J connectivity index is 1.20. The van der Waals surface area contributed by atoms with Crippen LogP contribution in [0.3, 0.4) is 0 Å². The standard InChI is InChI=1S/C26H30Cl2N4O4/c1-19(33)31-10-12-32(13-11-31)21-3-5-22(6-4-21)34-15-23-16-35-26(36-23,17-30-9-8-29-18-30)24-7-2-20(27)14-25(24)28/h2-7,14,18,23H,8-13,15-17H2,1H3/t23-,26-/m0/s1. The maximum atomic E-state index is 11.6. The first-order valence-electron chi connectivity index (χ1n) is 12.2. The number of rotatable bonds is 7. The quantitative estimate of drug-likeness (QED) is 0.542. The van der Waals surface area contributed by atoms with Crippen molar-refractivity contribution in [3.63, 3.8) is 0 Å². The van der Waals surface area contributed by atoms with Crippen molar-refractivity contribution in [3.8, 4) is 5.75 Å². The number of piperazine rings is 1. The van der Waals surface area contributed by atoms with Crippen molar-refractivity contribution in [2.45, 2.75) is 18.8 Å². The van der Waals surface area contributed by atoms with Gasteiger partial charge in [-0.2, -0.15) is 0 Å². The van der Waals surface area contributed by atoms with Gasteiger partial charge < -0.3 is 28.9 Å².